The van der Waals surface area contributed by atoms with E-state index in [4.69, 9.17) is 15.9 Å². The summed E-state index contributed by atoms with van der Waals surface area (Å²) in [4.78, 5) is 19.9. The first-order chi connectivity index (χ1) is 13.5. The fourth-order valence-electron chi connectivity index (χ4n) is 3.30. The van der Waals surface area contributed by atoms with E-state index in [1.165, 1.54) is 0 Å². The van der Waals surface area contributed by atoms with Crippen LogP contribution in [0.25, 0.3) is 0 Å². The monoisotopic (exact) mass is 385 g/mol. The summed E-state index contributed by atoms with van der Waals surface area (Å²) in [5, 5.41) is 7.10. The van der Waals surface area contributed by atoms with Gasteiger partial charge in [-0.1, -0.05) is 12.1 Å². The predicted molar refractivity (Wildman–Crippen MR) is 106 cm³/mol. The van der Waals surface area contributed by atoms with Crippen LogP contribution in [0.1, 0.15) is 17.5 Å². The molecule has 28 heavy (non-hydrogen) atoms. The Hall–Kier alpha value is -3.16. The molecule has 148 valence electrons. The first kappa shape index (κ1) is 19.6. The van der Waals surface area contributed by atoms with Gasteiger partial charge in [0, 0.05) is 49.8 Å². The Kier molecular flexibility index (Phi) is 6.08. The van der Waals surface area contributed by atoms with Crippen molar-refractivity contribution in [2.24, 2.45) is 5.73 Å². The maximum atomic E-state index is 14.9. The highest BCUT2D eigenvalue weighted by molar-refractivity contribution is 5.94. The summed E-state index contributed by atoms with van der Waals surface area (Å²) in [6.07, 6.45) is 3.33. The number of rotatable bonds is 6. The second kappa shape index (κ2) is 8.69. The van der Waals surface area contributed by atoms with Gasteiger partial charge >= 0.3 is 5.97 Å². The van der Waals surface area contributed by atoms with E-state index in [9.17, 15) is 9.18 Å². The van der Waals surface area contributed by atoms with Crippen LogP contribution in [0.5, 0.6) is 0 Å². The Balaban J connectivity index is 1.64. The van der Waals surface area contributed by atoms with Crippen molar-refractivity contribution in [3.63, 3.8) is 0 Å². The highest BCUT2D eigenvalue weighted by Gasteiger charge is 2.22. The lowest BCUT2D eigenvalue weighted by Gasteiger charge is -2.38. The maximum absolute atomic E-state index is 14.9. The van der Waals surface area contributed by atoms with Crippen LogP contribution in [0.3, 0.4) is 0 Å². The van der Waals surface area contributed by atoms with Gasteiger partial charge in [-0.25, -0.2) is 4.39 Å². The number of piperazine rings is 1. The van der Waals surface area contributed by atoms with Gasteiger partial charge in [-0.3, -0.25) is 15.2 Å². The lowest BCUT2D eigenvalue weighted by molar-refractivity contribution is -0.143. The van der Waals surface area contributed by atoms with E-state index in [2.05, 4.69) is 9.88 Å². The zero-order valence-corrected chi connectivity index (χ0v) is 15.8. The molecule has 0 saturated carbocycles. The van der Waals surface area contributed by atoms with Crippen LogP contribution in [0.15, 0.2) is 36.7 Å². The molecule has 2 heterocycles. The Bertz CT molecular complexity index is 865. The van der Waals surface area contributed by atoms with Crippen molar-refractivity contribution in [3.05, 3.63) is 53.6 Å². The SMILES string of the molecule is Cc1cnccc1N1CCN(c2cccc(COC(=O)CC(=N)N)c2F)CC1. The minimum atomic E-state index is -0.640. The molecule has 0 spiro atoms. The van der Waals surface area contributed by atoms with Gasteiger partial charge in [-0.15, -0.1) is 0 Å². The first-order valence-electron chi connectivity index (χ1n) is 9.12. The van der Waals surface area contributed by atoms with Crippen molar-refractivity contribution in [2.75, 3.05) is 36.0 Å². The molecule has 0 amide bonds. The second-order valence-electron chi connectivity index (χ2n) is 6.75. The number of halogens is 1. The summed E-state index contributed by atoms with van der Waals surface area (Å²) >= 11 is 0. The average Bonchev–Trinajstić information content (AvgIpc) is 2.67. The number of nitrogens with two attached hydrogens (primary N) is 1. The summed E-state index contributed by atoms with van der Waals surface area (Å²) in [5.74, 6) is -1.30. The van der Waals surface area contributed by atoms with Crippen molar-refractivity contribution in [1.29, 1.82) is 5.41 Å². The molecule has 1 fully saturated rings. The number of ether oxygens (including phenoxy) is 1. The molecule has 3 N–H and O–H groups in total. The number of nitrogens with zero attached hydrogens (tertiary/aromatic N) is 3. The Morgan fingerprint density at radius 2 is 1.89 bits per heavy atom. The number of anilines is 2. The number of carbonyl (C=O) groups excluding carboxylic acids is 1. The van der Waals surface area contributed by atoms with Crippen LogP contribution in [0.4, 0.5) is 15.8 Å². The number of nitrogens with one attached hydrogen (secondary N) is 1. The van der Waals surface area contributed by atoms with Crippen LogP contribution < -0.4 is 15.5 Å². The van der Waals surface area contributed by atoms with Crippen molar-refractivity contribution in [2.45, 2.75) is 20.0 Å². The van der Waals surface area contributed by atoms with Gasteiger partial charge in [0.1, 0.15) is 18.9 Å². The molecular weight excluding hydrogens is 361 g/mol. The number of hydrogen-bond acceptors (Lipinski definition) is 6. The van der Waals surface area contributed by atoms with Crippen molar-refractivity contribution < 1.29 is 13.9 Å². The Labute approximate surface area is 163 Å². The number of aromatic nitrogens is 1. The molecule has 1 aliphatic heterocycles. The van der Waals surface area contributed by atoms with Gasteiger partial charge in [0.2, 0.25) is 0 Å². The van der Waals surface area contributed by atoms with Gasteiger partial charge in [-0.05, 0) is 24.6 Å². The third kappa shape index (κ3) is 4.57. The molecule has 0 radical (unpaired) electrons. The van der Waals surface area contributed by atoms with E-state index in [1.54, 1.807) is 24.4 Å². The average molecular weight is 385 g/mol. The summed E-state index contributed by atoms with van der Waals surface area (Å²) in [6, 6.07) is 7.09. The van der Waals surface area contributed by atoms with Crippen LogP contribution >= 0.6 is 0 Å². The Morgan fingerprint density at radius 3 is 2.54 bits per heavy atom. The highest BCUT2D eigenvalue weighted by Crippen LogP contribution is 2.26. The third-order valence-corrected chi connectivity index (χ3v) is 4.73. The molecule has 7 nitrogen and oxygen atoms in total. The molecule has 8 heteroatoms. The molecule has 1 aromatic carbocycles. The zero-order valence-electron chi connectivity index (χ0n) is 15.8. The van der Waals surface area contributed by atoms with Crippen molar-refractivity contribution >= 4 is 23.2 Å². The zero-order chi connectivity index (χ0) is 20.1. The standard InChI is InChI=1S/C20H24FN5O2/c1-14-12-24-6-5-16(14)25-7-9-26(10-8-25)17-4-2-3-15(20(17)21)13-28-19(27)11-18(22)23/h2-6,12H,7-11,13H2,1H3,(H3,22,23). The van der Waals surface area contributed by atoms with E-state index in [1.807, 2.05) is 24.1 Å². The molecule has 1 aromatic heterocycles. The van der Waals surface area contributed by atoms with Gasteiger partial charge in [0.25, 0.3) is 0 Å². The minimum Gasteiger partial charge on any atom is -0.460 e. The van der Waals surface area contributed by atoms with E-state index in [-0.39, 0.29) is 24.7 Å². The third-order valence-electron chi connectivity index (χ3n) is 4.73. The van der Waals surface area contributed by atoms with Crippen LogP contribution in [-0.2, 0) is 16.1 Å². The molecular formula is C20H24FN5O2. The van der Waals surface area contributed by atoms with E-state index < -0.39 is 5.97 Å². The summed E-state index contributed by atoms with van der Waals surface area (Å²) < 4.78 is 20.0. The van der Waals surface area contributed by atoms with Gasteiger partial charge in [0.05, 0.1) is 5.69 Å². The number of aryl methyl sites for hydroxylation is 1. The molecule has 3 rings (SSSR count). The summed E-state index contributed by atoms with van der Waals surface area (Å²) in [6.45, 7) is 4.79. The smallest absolute Gasteiger partial charge is 0.313 e. The number of benzene rings is 1. The number of carbonyl (C=O) groups is 1. The summed E-state index contributed by atoms with van der Waals surface area (Å²) in [5.41, 5.74) is 8.26. The number of hydrogen-bond donors (Lipinski definition) is 2. The maximum Gasteiger partial charge on any atom is 0.313 e. The molecule has 0 unspecified atom stereocenters. The lowest BCUT2D eigenvalue weighted by Crippen LogP contribution is -2.47. The Morgan fingerprint density at radius 1 is 1.21 bits per heavy atom. The number of pyridine rings is 1. The lowest BCUT2D eigenvalue weighted by atomic mass is 10.1. The molecule has 1 aliphatic rings. The molecule has 0 atom stereocenters. The highest BCUT2D eigenvalue weighted by atomic mass is 19.1. The van der Waals surface area contributed by atoms with Gasteiger partial charge in [-0.2, -0.15) is 0 Å². The number of amidine groups is 1. The van der Waals surface area contributed by atoms with Crippen molar-refractivity contribution in [3.8, 4) is 0 Å². The van der Waals surface area contributed by atoms with Crippen LogP contribution in [0, 0.1) is 18.2 Å². The van der Waals surface area contributed by atoms with Gasteiger partial charge in [0.15, 0.2) is 5.82 Å². The minimum absolute atomic E-state index is 0.179. The van der Waals surface area contributed by atoms with E-state index >= 15 is 0 Å². The summed E-state index contributed by atoms with van der Waals surface area (Å²) in [7, 11) is 0. The quantitative estimate of drug-likeness (QED) is 0.450. The second-order valence-corrected chi connectivity index (χ2v) is 6.75. The van der Waals surface area contributed by atoms with Crippen LogP contribution in [-0.4, -0.2) is 43.0 Å². The topological polar surface area (TPSA) is 95.5 Å². The molecule has 2 aromatic rings. The molecule has 0 aliphatic carbocycles. The fraction of sp³-hybridized carbons (Fsp3) is 0.350. The largest absolute Gasteiger partial charge is 0.460 e. The van der Waals surface area contributed by atoms with Crippen molar-refractivity contribution in [1.82, 2.24) is 4.98 Å². The molecule has 1 saturated heterocycles. The normalized spacial score (nSPS) is 14.1. The molecule has 0 bridgehead atoms. The van der Waals surface area contributed by atoms with Gasteiger partial charge < -0.3 is 20.3 Å². The van der Waals surface area contributed by atoms with Crippen LogP contribution in [0.2, 0.25) is 0 Å². The van der Waals surface area contributed by atoms with E-state index in [0.29, 0.717) is 24.3 Å². The number of esters is 1. The fourth-order valence-corrected chi connectivity index (χ4v) is 3.30. The first-order valence-corrected chi connectivity index (χ1v) is 9.12. The van der Waals surface area contributed by atoms with E-state index in [0.717, 1.165) is 24.3 Å². The predicted octanol–water partition coefficient (Wildman–Crippen LogP) is 2.22.